The molecule has 0 spiro atoms. The molecule has 0 unspecified atom stereocenters. The van der Waals surface area contributed by atoms with Crippen molar-refractivity contribution in [2.24, 2.45) is 5.10 Å². The Morgan fingerprint density at radius 2 is 1.48 bits per heavy atom. The molecule has 1 aromatic carbocycles. The van der Waals surface area contributed by atoms with Crippen molar-refractivity contribution >= 4 is 47.3 Å². The Morgan fingerprint density at radius 3 is 2.03 bits per heavy atom. The Labute approximate surface area is 178 Å². The summed E-state index contributed by atoms with van der Waals surface area (Å²) in [4.78, 5) is 17.9. The summed E-state index contributed by atoms with van der Waals surface area (Å²) >= 11 is 12.1. The van der Waals surface area contributed by atoms with Gasteiger partial charge in [0, 0.05) is 36.8 Å². The second kappa shape index (κ2) is 9.53. The predicted molar refractivity (Wildman–Crippen MR) is 114 cm³/mol. The quantitative estimate of drug-likeness (QED) is 0.562. The summed E-state index contributed by atoms with van der Waals surface area (Å²) in [7, 11) is 0. The Kier molecular flexibility index (Phi) is 6.60. The van der Waals surface area contributed by atoms with E-state index in [-0.39, 0.29) is 0 Å². The molecule has 9 nitrogen and oxygen atoms in total. The van der Waals surface area contributed by atoms with Crippen molar-refractivity contribution in [3.8, 4) is 0 Å². The lowest BCUT2D eigenvalue weighted by Crippen LogP contribution is -2.40. The average Bonchev–Trinajstić information content (AvgIpc) is 2.76. The van der Waals surface area contributed by atoms with Crippen molar-refractivity contribution in [1.29, 1.82) is 0 Å². The van der Waals surface area contributed by atoms with Gasteiger partial charge in [-0.1, -0.05) is 29.3 Å². The molecule has 0 amide bonds. The van der Waals surface area contributed by atoms with Crippen LogP contribution >= 0.6 is 23.2 Å². The van der Waals surface area contributed by atoms with Crippen molar-refractivity contribution in [2.75, 3.05) is 67.8 Å². The van der Waals surface area contributed by atoms with E-state index in [4.69, 9.17) is 32.7 Å². The number of hydrazone groups is 1. The fourth-order valence-corrected chi connectivity index (χ4v) is 3.44. The van der Waals surface area contributed by atoms with Gasteiger partial charge in [-0.3, -0.25) is 0 Å². The average molecular weight is 438 g/mol. The summed E-state index contributed by atoms with van der Waals surface area (Å²) in [5, 5.41) is 5.32. The first-order valence-corrected chi connectivity index (χ1v) is 10.1. The number of ether oxygens (including phenoxy) is 2. The lowest BCUT2D eigenvalue weighted by Gasteiger charge is -2.30. The minimum Gasteiger partial charge on any atom is -0.378 e. The minimum atomic E-state index is 0.365. The topological polar surface area (TPSA) is 88.0 Å². The molecule has 0 saturated carbocycles. The largest absolute Gasteiger partial charge is 0.378 e. The first-order valence-electron chi connectivity index (χ1n) is 9.34. The minimum absolute atomic E-state index is 0.365. The Morgan fingerprint density at radius 1 is 0.897 bits per heavy atom. The standard InChI is InChI=1S/C18H21Cl2N7O2/c19-14-2-1-13(15(20)11-14)12-21-25-16-22-17(26-3-7-28-8-4-26)24-18(23-16)27-5-9-29-10-6-27/h1-2,11-12H,3-10H2,(H,22,23,24,25)/b21-12+. The SMILES string of the molecule is Clc1ccc(/C=N/Nc2nc(N3CCOCC3)nc(N3CCOCC3)n2)c(Cl)c1. The molecule has 2 aliphatic heterocycles. The van der Waals surface area contributed by atoms with Crippen LogP contribution in [0.15, 0.2) is 23.3 Å². The zero-order chi connectivity index (χ0) is 20.1. The second-order valence-corrected chi connectivity index (χ2v) is 7.34. The van der Waals surface area contributed by atoms with Gasteiger partial charge >= 0.3 is 0 Å². The Balaban J connectivity index is 1.56. The van der Waals surface area contributed by atoms with E-state index in [9.17, 15) is 0 Å². The zero-order valence-electron chi connectivity index (χ0n) is 15.7. The van der Waals surface area contributed by atoms with Gasteiger partial charge in [-0.15, -0.1) is 0 Å². The van der Waals surface area contributed by atoms with Gasteiger partial charge in [-0.05, 0) is 12.1 Å². The predicted octanol–water partition coefficient (Wildman–Crippen LogP) is 2.30. The highest BCUT2D eigenvalue weighted by molar-refractivity contribution is 6.36. The highest BCUT2D eigenvalue weighted by Crippen LogP contribution is 2.20. The van der Waals surface area contributed by atoms with Crippen LogP contribution in [-0.2, 0) is 9.47 Å². The molecule has 2 fully saturated rings. The van der Waals surface area contributed by atoms with Gasteiger partial charge < -0.3 is 19.3 Å². The van der Waals surface area contributed by atoms with Gasteiger partial charge in [0.25, 0.3) is 0 Å². The van der Waals surface area contributed by atoms with Crippen LogP contribution in [-0.4, -0.2) is 73.8 Å². The molecule has 0 atom stereocenters. The van der Waals surface area contributed by atoms with E-state index in [2.05, 4.69) is 35.3 Å². The molecule has 1 N–H and O–H groups in total. The maximum Gasteiger partial charge on any atom is 0.250 e. The molecule has 0 aliphatic carbocycles. The van der Waals surface area contributed by atoms with Gasteiger partial charge in [0.15, 0.2) is 0 Å². The molecular formula is C18H21Cl2N7O2. The van der Waals surface area contributed by atoms with E-state index in [0.29, 0.717) is 54.3 Å². The first kappa shape index (κ1) is 20.1. The zero-order valence-corrected chi connectivity index (χ0v) is 17.2. The number of halogens is 2. The number of aromatic nitrogens is 3. The molecule has 154 valence electrons. The molecule has 29 heavy (non-hydrogen) atoms. The van der Waals surface area contributed by atoms with E-state index in [0.717, 1.165) is 31.7 Å². The van der Waals surface area contributed by atoms with Crippen LogP contribution < -0.4 is 15.2 Å². The van der Waals surface area contributed by atoms with Gasteiger partial charge in [-0.2, -0.15) is 20.1 Å². The summed E-state index contributed by atoms with van der Waals surface area (Å²) in [6.45, 7) is 5.52. The van der Waals surface area contributed by atoms with Gasteiger partial charge in [0.2, 0.25) is 17.8 Å². The summed E-state index contributed by atoms with van der Waals surface area (Å²) in [5.74, 6) is 1.57. The smallest absolute Gasteiger partial charge is 0.250 e. The number of hydrogen-bond donors (Lipinski definition) is 1. The van der Waals surface area contributed by atoms with Gasteiger partial charge in [0.1, 0.15) is 0 Å². The van der Waals surface area contributed by atoms with Crippen molar-refractivity contribution in [3.05, 3.63) is 33.8 Å². The third-order valence-corrected chi connectivity index (χ3v) is 5.09. The number of nitrogens with zero attached hydrogens (tertiary/aromatic N) is 6. The number of rotatable bonds is 5. The van der Waals surface area contributed by atoms with Crippen LogP contribution in [0.2, 0.25) is 10.0 Å². The second-order valence-electron chi connectivity index (χ2n) is 6.49. The summed E-state index contributed by atoms with van der Waals surface area (Å²) in [5.41, 5.74) is 3.63. The number of nitrogens with one attached hydrogen (secondary N) is 1. The van der Waals surface area contributed by atoms with Crippen molar-refractivity contribution in [1.82, 2.24) is 15.0 Å². The lowest BCUT2D eigenvalue weighted by atomic mass is 10.2. The number of hydrogen-bond acceptors (Lipinski definition) is 9. The summed E-state index contributed by atoms with van der Waals surface area (Å²) in [6.07, 6.45) is 1.60. The third kappa shape index (κ3) is 5.24. The first-order chi connectivity index (χ1) is 14.2. The molecule has 4 rings (SSSR count). The molecule has 3 heterocycles. The molecule has 2 aliphatic rings. The van der Waals surface area contributed by atoms with Crippen LogP contribution in [0.25, 0.3) is 0 Å². The molecule has 0 bridgehead atoms. The van der Waals surface area contributed by atoms with Crippen LogP contribution in [0.3, 0.4) is 0 Å². The van der Waals surface area contributed by atoms with Gasteiger partial charge in [0.05, 0.1) is 37.7 Å². The van der Waals surface area contributed by atoms with E-state index >= 15 is 0 Å². The number of benzene rings is 1. The maximum atomic E-state index is 6.18. The number of anilines is 3. The monoisotopic (exact) mass is 437 g/mol. The highest BCUT2D eigenvalue weighted by Gasteiger charge is 2.20. The van der Waals surface area contributed by atoms with Crippen LogP contribution in [0.1, 0.15) is 5.56 Å². The van der Waals surface area contributed by atoms with Crippen molar-refractivity contribution < 1.29 is 9.47 Å². The summed E-state index contributed by atoms with van der Waals surface area (Å²) < 4.78 is 10.9. The molecule has 11 heteroatoms. The highest BCUT2D eigenvalue weighted by atomic mass is 35.5. The van der Waals surface area contributed by atoms with E-state index < -0.39 is 0 Å². The normalized spacial score (nSPS) is 17.7. The van der Waals surface area contributed by atoms with E-state index in [1.165, 1.54) is 0 Å². The third-order valence-electron chi connectivity index (χ3n) is 4.53. The fourth-order valence-electron chi connectivity index (χ4n) is 2.98. The number of morpholine rings is 2. The van der Waals surface area contributed by atoms with E-state index in [1.807, 2.05) is 0 Å². The molecule has 2 aromatic rings. The fraction of sp³-hybridized carbons (Fsp3) is 0.444. The molecular weight excluding hydrogens is 417 g/mol. The van der Waals surface area contributed by atoms with Crippen molar-refractivity contribution in [3.63, 3.8) is 0 Å². The van der Waals surface area contributed by atoms with Gasteiger partial charge in [-0.25, -0.2) is 5.43 Å². The van der Waals surface area contributed by atoms with Crippen molar-refractivity contribution in [2.45, 2.75) is 0 Å². The molecule has 1 aromatic heterocycles. The van der Waals surface area contributed by atoms with Crippen LogP contribution in [0.4, 0.5) is 17.8 Å². The Bertz CT molecular complexity index is 835. The van der Waals surface area contributed by atoms with Crippen LogP contribution in [0.5, 0.6) is 0 Å². The summed E-state index contributed by atoms with van der Waals surface area (Å²) in [6, 6.07) is 5.22. The maximum absolute atomic E-state index is 6.18. The lowest BCUT2D eigenvalue weighted by molar-refractivity contribution is 0.121. The van der Waals surface area contributed by atoms with Crippen LogP contribution in [0, 0.1) is 0 Å². The Hall–Kier alpha value is -2.20. The molecule has 0 radical (unpaired) electrons. The van der Waals surface area contributed by atoms with E-state index in [1.54, 1.807) is 24.4 Å². The molecule has 2 saturated heterocycles.